The normalized spacial score (nSPS) is 15.4. The van der Waals surface area contributed by atoms with Crippen molar-refractivity contribution in [3.63, 3.8) is 0 Å². The Morgan fingerprint density at radius 1 is 1.29 bits per heavy atom. The maximum atomic E-state index is 5.31. The van der Waals surface area contributed by atoms with E-state index in [0.29, 0.717) is 11.8 Å². The molecule has 0 aliphatic heterocycles. The highest BCUT2D eigenvalue weighted by Gasteiger charge is 1.94. The largest absolute Gasteiger partial charge is 0.380 e. The van der Waals surface area contributed by atoms with Crippen molar-refractivity contribution >= 4 is 10.2 Å². The molecule has 0 N–H and O–H groups in total. The zero-order valence-electron chi connectivity index (χ0n) is 5.56. The first-order chi connectivity index (χ1) is 3.13. The second kappa shape index (κ2) is 3.21. The van der Waals surface area contributed by atoms with Crippen LogP contribution in [0.3, 0.4) is 0 Å². The van der Waals surface area contributed by atoms with Crippen LogP contribution < -0.4 is 0 Å². The standard InChI is InChI=1S/C5H14OSi/c1-4(2)6-5(3)7/h4-5H,1-3,7H3. The van der Waals surface area contributed by atoms with Crippen molar-refractivity contribution in [2.24, 2.45) is 0 Å². The Morgan fingerprint density at radius 2 is 1.71 bits per heavy atom. The highest BCUT2D eigenvalue weighted by atomic mass is 28.1. The summed E-state index contributed by atoms with van der Waals surface area (Å²) in [7, 11) is 1.14. The first-order valence-electron chi connectivity index (χ1n) is 2.78. The summed E-state index contributed by atoms with van der Waals surface area (Å²) in [6, 6.07) is 0. The highest BCUT2D eigenvalue weighted by Crippen LogP contribution is 1.90. The minimum Gasteiger partial charge on any atom is -0.380 e. The van der Waals surface area contributed by atoms with Gasteiger partial charge in [0.2, 0.25) is 0 Å². The lowest BCUT2D eigenvalue weighted by atomic mass is 10.5. The van der Waals surface area contributed by atoms with Crippen LogP contribution in [0, 0.1) is 0 Å². The van der Waals surface area contributed by atoms with Crippen LogP contribution in [-0.4, -0.2) is 22.1 Å². The minimum atomic E-state index is 0.410. The lowest BCUT2D eigenvalue weighted by molar-refractivity contribution is 0.0644. The van der Waals surface area contributed by atoms with Gasteiger partial charge >= 0.3 is 0 Å². The molecule has 7 heavy (non-hydrogen) atoms. The van der Waals surface area contributed by atoms with Gasteiger partial charge in [-0.1, -0.05) is 0 Å². The maximum Gasteiger partial charge on any atom is 0.0517 e. The van der Waals surface area contributed by atoms with Gasteiger partial charge in [0.25, 0.3) is 0 Å². The van der Waals surface area contributed by atoms with E-state index in [-0.39, 0.29) is 0 Å². The fraction of sp³-hybridized carbons (Fsp3) is 1.00. The molecule has 0 fully saturated rings. The van der Waals surface area contributed by atoms with Gasteiger partial charge in [-0.25, -0.2) is 0 Å². The number of hydrogen-bond donors (Lipinski definition) is 0. The van der Waals surface area contributed by atoms with Crippen molar-refractivity contribution in [3.8, 4) is 0 Å². The molecular formula is C5H14OSi. The quantitative estimate of drug-likeness (QED) is 0.468. The van der Waals surface area contributed by atoms with Crippen LogP contribution in [0.25, 0.3) is 0 Å². The first-order valence-corrected chi connectivity index (χ1v) is 3.94. The Labute approximate surface area is 48.5 Å². The summed E-state index contributed by atoms with van der Waals surface area (Å²) in [5.41, 5.74) is 0.514. The zero-order chi connectivity index (χ0) is 5.86. The zero-order valence-corrected chi connectivity index (χ0v) is 7.56. The van der Waals surface area contributed by atoms with E-state index in [1.807, 2.05) is 0 Å². The fourth-order valence-electron chi connectivity index (χ4n) is 0.544. The van der Waals surface area contributed by atoms with Gasteiger partial charge in [0.15, 0.2) is 0 Å². The van der Waals surface area contributed by atoms with Crippen molar-refractivity contribution in [1.29, 1.82) is 0 Å². The van der Waals surface area contributed by atoms with E-state index in [0.717, 1.165) is 10.2 Å². The topological polar surface area (TPSA) is 9.23 Å². The van der Waals surface area contributed by atoms with E-state index in [1.54, 1.807) is 0 Å². The van der Waals surface area contributed by atoms with Gasteiger partial charge in [0, 0.05) is 16.0 Å². The second-order valence-electron chi connectivity index (χ2n) is 2.23. The summed E-state index contributed by atoms with van der Waals surface area (Å²) in [6.07, 6.45) is 0.410. The van der Waals surface area contributed by atoms with E-state index in [9.17, 15) is 0 Å². The van der Waals surface area contributed by atoms with Crippen LogP contribution in [0.4, 0.5) is 0 Å². The molecule has 0 saturated heterocycles. The van der Waals surface area contributed by atoms with Crippen LogP contribution in [-0.2, 0) is 4.74 Å². The number of rotatable bonds is 2. The number of ether oxygens (including phenoxy) is 1. The van der Waals surface area contributed by atoms with E-state index >= 15 is 0 Å². The summed E-state index contributed by atoms with van der Waals surface area (Å²) < 4.78 is 5.31. The molecule has 0 heterocycles. The molecule has 0 rings (SSSR count). The third kappa shape index (κ3) is 6.18. The average molecular weight is 118 g/mol. The molecule has 2 heteroatoms. The van der Waals surface area contributed by atoms with Gasteiger partial charge in [-0.05, 0) is 20.8 Å². The Morgan fingerprint density at radius 3 is 1.71 bits per heavy atom. The van der Waals surface area contributed by atoms with Gasteiger partial charge in [-0.2, -0.15) is 0 Å². The molecule has 0 aromatic rings. The highest BCUT2D eigenvalue weighted by molar-refractivity contribution is 6.10. The molecule has 0 aromatic carbocycles. The van der Waals surface area contributed by atoms with E-state index in [2.05, 4.69) is 20.8 Å². The molecule has 0 aromatic heterocycles. The number of hydrogen-bond acceptors (Lipinski definition) is 1. The van der Waals surface area contributed by atoms with Gasteiger partial charge in [-0.3, -0.25) is 0 Å². The minimum absolute atomic E-state index is 0.410. The maximum absolute atomic E-state index is 5.31. The SMILES string of the molecule is CC(C)OC(C)[SiH3]. The molecule has 44 valence electrons. The third-order valence-electron chi connectivity index (χ3n) is 0.544. The molecule has 0 radical (unpaired) electrons. The fourth-order valence-corrected chi connectivity index (χ4v) is 1.09. The van der Waals surface area contributed by atoms with Gasteiger partial charge < -0.3 is 4.74 Å². The van der Waals surface area contributed by atoms with E-state index in [1.165, 1.54) is 0 Å². The lowest BCUT2D eigenvalue weighted by Crippen LogP contribution is -2.13. The second-order valence-corrected chi connectivity index (χ2v) is 3.86. The Hall–Kier alpha value is 0.177. The average Bonchev–Trinajstić information content (AvgIpc) is 1.27. The van der Waals surface area contributed by atoms with Crippen molar-refractivity contribution in [2.45, 2.75) is 32.6 Å². The van der Waals surface area contributed by atoms with Crippen molar-refractivity contribution in [2.75, 3.05) is 0 Å². The molecule has 0 saturated carbocycles. The predicted molar refractivity (Wildman–Crippen MR) is 35.6 cm³/mol. The van der Waals surface area contributed by atoms with Crippen molar-refractivity contribution < 1.29 is 4.74 Å². The summed E-state index contributed by atoms with van der Waals surface area (Å²) in [6.45, 7) is 6.23. The Balaban J connectivity index is 2.95. The lowest BCUT2D eigenvalue weighted by Gasteiger charge is -2.09. The molecular weight excluding hydrogens is 104 g/mol. The monoisotopic (exact) mass is 118 g/mol. The van der Waals surface area contributed by atoms with Crippen LogP contribution in [0.15, 0.2) is 0 Å². The third-order valence-corrected chi connectivity index (χ3v) is 0.816. The molecule has 0 amide bonds. The molecule has 0 bridgehead atoms. The van der Waals surface area contributed by atoms with Crippen molar-refractivity contribution in [1.82, 2.24) is 0 Å². The molecule has 0 spiro atoms. The Bertz CT molecular complexity index is 37.3. The molecule has 0 aliphatic rings. The van der Waals surface area contributed by atoms with Gasteiger partial charge in [-0.15, -0.1) is 0 Å². The molecule has 0 aliphatic carbocycles. The van der Waals surface area contributed by atoms with Crippen LogP contribution in [0.5, 0.6) is 0 Å². The van der Waals surface area contributed by atoms with Crippen LogP contribution >= 0.6 is 0 Å². The summed E-state index contributed by atoms with van der Waals surface area (Å²) >= 11 is 0. The van der Waals surface area contributed by atoms with Crippen molar-refractivity contribution in [3.05, 3.63) is 0 Å². The van der Waals surface area contributed by atoms with E-state index in [4.69, 9.17) is 4.74 Å². The van der Waals surface area contributed by atoms with Crippen LogP contribution in [0.2, 0.25) is 0 Å². The first kappa shape index (κ1) is 7.18. The predicted octanol–water partition coefficient (Wildman–Crippen LogP) is 0.123. The van der Waals surface area contributed by atoms with Gasteiger partial charge in [0.1, 0.15) is 0 Å². The summed E-state index contributed by atoms with van der Waals surface area (Å²) in [4.78, 5) is 0. The summed E-state index contributed by atoms with van der Waals surface area (Å²) in [5.74, 6) is 0. The Kier molecular flexibility index (Phi) is 3.30. The molecule has 1 atom stereocenters. The summed E-state index contributed by atoms with van der Waals surface area (Å²) in [5, 5.41) is 0. The smallest absolute Gasteiger partial charge is 0.0517 e. The van der Waals surface area contributed by atoms with Crippen LogP contribution in [0.1, 0.15) is 20.8 Å². The molecule has 1 nitrogen and oxygen atoms in total. The van der Waals surface area contributed by atoms with E-state index < -0.39 is 0 Å². The molecule has 1 unspecified atom stereocenters. The van der Waals surface area contributed by atoms with Gasteiger partial charge in [0.05, 0.1) is 6.10 Å².